The summed E-state index contributed by atoms with van der Waals surface area (Å²) in [6, 6.07) is 23.3. The molecule has 12 aromatic rings. The van der Waals surface area contributed by atoms with E-state index in [1.807, 2.05) is 16.8 Å². The summed E-state index contributed by atoms with van der Waals surface area (Å²) in [5, 5.41) is 66.0. The molecule has 2 aliphatic heterocycles. The minimum atomic E-state index is -1.11. The lowest BCUT2D eigenvalue weighted by atomic mass is 9.66. The largest absolute Gasteiger partial charge is 0.390 e. The molecule has 8 fully saturated rings. The molecule has 2 saturated heterocycles. The van der Waals surface area contributed by atoms with Crippen LogP contribution in [0.15, 0.2) is 98.5 Å². The lowest BCUT2D eigenvalue weighted by molar-refractivity contribution is -0.0620. The first-order chi connectivity index (χ1) is 58.1. The summed E-state index contributed by atoms with van der Waals surface area (Å²) in [5.41, 5.74) is 31.9. The number of aliphatic hydroxyl groups excluding tert-OH is 6. The lowest BCUT2D eigenvalue weighted by Crippen LogP contribution is -2.52. The molecule has 0 radical (unpaired) electrons. The van der Waals surface area contributed by atoms with Crippen LogP contribution < -0.4 is 17.2 Å². The molecule has 3 aromatic carbocycles. The predicted octanol–water partition coefficient (Wildman–Crippen LogP) is 9.97. The Hall–Kier alpha value is -9.25. The number of likely N-dealkylation sites (N-methyl/N-ethyl adjacent to an activating group) is 1. The monoisotopic (exact) mass is 1650 g/mol. The van der Waals surface area contributed by atoms with Gasteiger partial charge in [0.05, 0.1) is 63.3 Å². The molecule has 11 heterocycles. The van der Waals surface area contributed by atoms with Gasteiger partial charge in [0.2, 0.25) is 0 Å². The maximum Gasteiger partial charge on any atom is 0.167 e. The number of fused-ring (bicyclic) bond motifs is 6. The Kier molecular flexibility index (Phi) is 22.6. The molecule has 9 aromatic heterocycles. The molecule has 12 atom stereocenters. The number of nitrogens with one attached hydrogen (secondary N) is 3. The van der Waals surface area contributed by atoms with Gasteiger partial charge in [0.1, 0.15) is 102 Å². The van der Waals surface area contributed by atoms with Gasteiger partial charge in [-0.2, -0.15) is 0 Å². The first-order valence-electron chi connectivity index (χ1n) is 44.0. The van der Waals surface area contributed by atoms with E-state index in [2.05, 4.69) is 187 Å². The quantitative estimate of drug-likeness (QED) is 0.0267. The Morgan fingerprint density at radius 1 is 0.488 bits per heavy atom. The van der Waals surface area contributed by atoms with Gasteiger partial charge in [-0.05, 0) is 211 Å². The predicted molar refractivity (Wildman–Crippen MR) is 463 cm³/mol. The van der Waals surface area contributed by atoms with Crippen molar-refractivity contribution in [1.82, 2.24) is 98.2 Å². The Labute approximate surface area is 704 Å². The Morgan fingerprint density at radius 3 is 1.39 bits per heavy atom. The van der Waals surface area contributed by atoms with E-state index in [0.29, 0.717) is 100 Å². The number of hydrogen-bond donors (Lipinski definition) is 12. The van der Waals surface area contributed by atoms with Crippen molar-refractivity contribution in [3.63, 3.8) is 0 Å². The third-order valence-corrected chi connectivity index (χ3v) is 29.2. The normalized spacial score (nSPS) is 28.8. The Bertz CT molecular complexity index is 5650. The van der Waals surface area contributed by atoms with Crippen LogP contribution in [0, 0.1) is 23.7 Å². The summed E-state index contributed by atoms with van der Waals surface area (Å²) in [7, 11) is 4.22. The first-order valence-corrected chi connectivity index (χ1v) is 44.0. The molecule has 31 heteroatoms. The molecule has 121 heavy (non-hydrogen) atoms. The van der Waals surface area contributed by atoms with Crippen molar-refractivity contribution < 1.29 is 40.1 Å². The highest BCUT2D eigenvalue weighted by atomic mass is 16.6. The number of nitrogen functional groups attached to an aromatic ring is 3. The number of nitrogens with two attached hydrogens (primary N) is 3. The van der Waals surface area contributed by atoms with Crippen molar-refractivity contribution in [1.29, 1.82) is 0 Å². The minimum Gasteiger partial charge on any atom is -0.390 e. The van der Waals surface area contributed by atoms with E-state index in [4.69, 9.17) is 41.6 Å². The molecule has 20 rings (SSSR count). The van der Waals surface area contributed by atoms with Crippen molar-refractivity contribution in [3.05, 3.63) is 133 Å². The van der Waals surface area contributed by atoms with Gasteiger partial charge < -0.3 is 86.6 Å². The lowest BCUT2D eigenvalue weighted by Gasteiger charge is -2.46. The number of aliphatic hydroxyl groups is 6. The van der Waals surface area contributed by atoms with Crippen LogP contribution in [0.5, 0.6) is 0 Å². The molecule has 0 unspecified atom stereocenters. The van der Waals surface area contributed by atoms with Gasteiger partial charge in [0.25, 0.3) is 0 Å². The fraction of sp³-hybridized carbons (Fsp3) is 0.589. The van der Waals surface area contributed by atoms with E-state index in [9.17, 15) is 30.6 Å². The summed E-state index contributed by atoms with van der Waals surface area (Å²) >= 11 is 0. The second kappa shape index (κ2) is 33.1. The van der Waals surface area contributed by atoms with Crippen LogP contribution in [0.3, 0.4) is 0 Å². The van der Waals surface area contributed by atoms with E-state index in [-0.39, 0.29) is 35.1 Å². The number of ether oxygens (including phenoxy) is 2. The molecule has 0 amide bonds. The average molecular weight is 1650 g/mol. The molecule has 0 bridgehead atoms. The number of aromatic amines is 3. The number of imidazole rings is 5. The minimum absolute atomic E-state index is 0.000720. The van der Waals surface area contributed by atoms with Crippen molar-refractivity contribution in [2.24, 2.45) is 23.7 Å². The van der Waals surface area contributed by atoms with Crippen LogP contribution in [0.4, 0.5) is 17.5 Å². The molecule has 0 spiro atoms. The highest BCUT2D eigenvalue weighted by Crippen LogP contribution is 2.48. The van der Waals surface area contributed by atoms with Crippen LogP contribution in [-0.4, -0.2) is 236 Å². The van der Waals surface area contributed by atoms with Crippen molar-refractivity contribution in [2.75, 3.05) is 50.9 Å². The molecule has 644 valence electrons. The number of anilines is 3. The second-order valence-corrected chi connectivity index (χ2v) is 38.6. The van der Waals surface area contributed by atoms with E-state index < -0.39 is 61.3 Å². The van der Waals surface area contributed by atoms with Crippen molar-refractivity contribution in [3.8, 4) is 0 Å². The van der Waals surface area contributed by atoms with Gasteiger partial charge in [0.15, 0.2) is 35.4 Å². The van der Waals surface area contributed by atoms with Gasteiger partial charge >= 0.3 is 0 Å². The van der Waals surface area contributed by atoms with Crippen LogP contribution in [0.2, 0.25) is 0 Å². The molecule has 31 nitrogen and oxygen atoms in total. The molecular weight excluding hydrogens is 1530 g/mol. The summed E-state index contributed by atoms with van der Waals surface area (Å²) in [6.07, 6.45) is 22.0. The number of benzene rings is 3. The van der Waals surface area contributed by atoms with Gasteiger partial charge in [0, 0.05) is 75.2 Å². The molecule has 15 N–H and O–H groups in total. The molecular formula is C90H121N23O8. The second-order valence-electron chi connectivity index (χ2n) is 38.6. The fourth-order valence-corrected chi connectivity index (χ4v) is 20.7. The zero-order valence-electron chi connectivity index (χ0n) is 71.1. The third-order valence-electron chi connectivity index (χ3n) is 29.2. The topological polar surface area (TPSA) is 432 Å². The molecule has 6 saturated carbocycles. The summed E-state index contributed by atoms with van der Waals surface area (Å²) in [4.78, 5) is 65.7. The summed E-state index contributed by atoms with van der Waals surface area (Å²) < 4.78 is 17.6. The number of rotatable bonds is 24. The van der Waals surface area contributed by atoms with E-state index in [1.165, 1.54) is 86.9 Å². The Morgan fingerprint density at radius 2 is 0.926 bits per heavy atom. The SMILES string of the molecule is CC(C)N(C[C@H]1O[C@@H](n2cnc3c(N)ncnc32)[C@H](O)[C@@H]1O)C1CC(CCc2nc3ccc(C4(C)CCC4)cc3[nH]2)C1.CN(C[C@H]1C[C@@H](n2ccc3c(N)ncnc32)[C@H](O)[C@@H]1O)C1CC(CCc2nc3ccc(C(C)(C)C)cc3[nH]2)C1.CN(C[C@H]1O[C@@H](n2cnc3c(N)ncnc32)[C@H](O)[C@@H]1O)C1CC(CCc2nc3ccc(C4(C)CCC4)cc3[nH]2)C1. The van der Waals surface area contributed by atoms with Crippen LogP contribution in [-0.2, 0) is 45.0 Å². The molecule has 6 aliphatic carbocycles. The molecule has 8 aliphatic rings. The number of nitrogens with zero attached hydrogens (tertiary/aromatic N) is 17. The maximum atomic E-state index is 11.0. The van der Waals surface area contributed by atoms with Crippen LogP contribution >= 0.6 is 0 Å². The third kappa shape index (κ3) is 16.3. The maximum absolute atomic E-state index is 11.0. The first kappa shape index (κ1) is 82.7. The van der Waals surface area contributed by atoms with Crippen LogP contribution in [0.1, 0.15) is 204 Å². The highest BCUT2D eigenvalue weighted by Gasteiger charge is 2.50. The smallest absolute Gasteiger partial charge is 0.167 e. The van der Waals surface area contributed by atoms with Crippen LogP contribution in [0.25, 0.3) is 66.5 Å². The van der Waals surface area contributed by atoms with E-state index in [0.717, 1.165) is 140 Å². The van der Waals surface area contributed by atoms with Crippen molar-refractivity contribution >= 4 is 83.9 Å². The van der Waals surface area contributed by atoms with Gasteiger partial charge in [-0.25, -0.2) is 54.8 Å². The van der Waals surface area contributed by atoms with Gasteiger partial charge in [-0.15, -0.1) is 0 Å². The number of aromatic nitrogens is 17. The highest BCUT2D eigenvalue weighted by molar-refractivity contribution is 5.86. The van der Waals surface area contributed by atoms with Gasteiger partial charge in [-0.3, -0.25) is 14.0 Å². The Balaban J connectivity index is 0.000000124. The number of H-pyrrole nitrogens is 3. The fourth-order valence-electron chi connectivity index (χ4n) is 20.7. The summed E-state index contributed by atoms with van der Waals surface area (Å²) in [6.45, 7) is 17.6. The number of hydrogen-bond acceptors (Lipinski definition) is 25. The van der Waals surface area contributed by atoms with Crippen molar-refractivity contribution in [2.45, 2.75) is 278 Å². The zero-order chi connectivity index (χ0) is 84.2. The summed E-state index contributed by atoms with van der Waals surface area (Å²) in [5.74, 6) is 6.17. The standard InChI is InChI=1S/C31H42N8O3.C30H41N7O2.C29H38N8O3/c1-17(2)38(14-23-26(40)27(41)30(42-23)39-16-35-25-28(32)33-15-34-29(25)39)20-11-18(12-20)5-8-24-36-21-7-6-19(13-22(21)37-24)31(3)9-4-10-31;1-30(2,3)19-6-7-22-23(14-19)35-25(34-22)8-5-17-11-20(12-17)36(4)15-18-13-24(27(39)26(18)38)37-10-9-21-28(31)32-16-33-29(21)37;1-29(8-3-9-29)17-5-6-19-20(12-17)35-22(34-19)7-4-16-10-18(11-16)36(2)13-21-24(38)25(39)28(40-21)37-15-33-23-26(30)31-14-32-27(23)37/h6-7,13,15-18,20,23,26-27,30,40-41H,4-5,8-12,14H2,1-3H3,(H,36,37)(H2,32,33,34);6-7,9-10,14,16-18,20,24,26-27,38-39H,5,8,11-13,15H2,1-4H3,(H,34,35)(H2,31,32,33);5-6,12,14-16,18,21,24-25,28,38-39H,3-4,7-11,13H2,1-2H3,(H,34,35)(H2,30,31,32)/t18?,20?,23-,26-,27-,30-;17?,18-,20?,24-,26-,27+;16?,18?,21-,24-,25-,28-/m111/s1. The number of aryl methyl sites for hydroxylation is 3. The average Bonchev–Trinajstić information content (AvgIpc) is 1.42. The zero-order valence-corrected chi connectivity index (χ0v) is 71.1. The van der Waals surface area contributed by atoms with E-state index >= 15 is 0 Å². The van der Waals surface area contributed by atoms with Gasteiger partial charge in [-0.1, -0.05) is 65.7 Å². The van der Waals surface area contributed by atoms with E-state index in [1.54, 1.807) is 9.13 Å².